The minimum Gasteiger partial charge on any atom is -0.380 e. The Morgan fingerprint density at radius 1 is 1.37 bits per heavy atom. The lowest BCUT2D eigenvalue weighted by Crippen LogP contribution is -2.39. The minimum absolute atomic E-state index is 0.0266. The summed E-state index contributed by atoms with van der Waals surface area (Å²) in [5, 5.41) is 2.95. The van der Waals surface area contributed by atoms with E-state index >= 15 is 0 Å². The van der Waals surface area contributed by atoms with E-state index in [1.807, 2.05) is 18.2 Å². The summed E-state index contributed by atoms with van der Waals surface area (Å²) in [4.78, 5) is 11.8. The van der Waals surface area contributed by atoms with Crippen LogP contribution >= 0.6 is 0 Å². The Bertz CT molecular complexity index is 386. The van der Waals surface area contributed by atoms with E-state index in [-0.39, 0.29) is 17.4 Å². The molecule has 0 fully saturated rings. The Morgan fingerprint density at radius 3 is 2.53 bits per heavy atom. The average molecular weight is 264 g/mol. The monoisotopic (exact) mass is 264 g/mol. The first-order chi connectivity index (χ1) is 8.99. The Balaban J connectivity index is 2.49. The van der Waals surface area contributed by atoms with Crippen molar-refractivity contribution in [3.8, 4) is 0 Å². The first-order valence-corrected chi connectivity index (χ1v) is 6.54. The van der Waals surface area contributed by atoms with Crippen LogP contribution in [0.4, 0.5) is 0 Å². The summed E-state index contributed by atoms with van der Waals surface area (Å²) in [6.45, 7) is 5.17. The zero-order valence-electron chi connectivity index (χ0n) is 12.0. The molecular weight excluding hydrogens is 240 g/mol. The van der Waals surface area contributed by atoms with Crippen molar-refractivity contribution in [2.24, 2.45) is 5.73 Å². The van der Waals surface area contributed by atoms with Crippen molar-refractivity contribution >= 4 is 5.91 Å². The molecule has 19 heavy (non-hydrogen) atoms. The summed E-state index contributed by atoms with van der Waals surface area (Å²) in [5.41, 5.74) is 6.61. The van der Waals surface area contributed by atoms with Gasteiger partial charge in [-0.1, -0.05) is 44.2 Å². The molecule has 3 N–H and O–H groups in total. The van der Waals surface area contributed by atoms with Gasteiger partial charge in [0.15, 0.2) is 0 Å². The van der Waals surface area contributed by atoms with Crippen LogP contribution in [0, 0.1) is 0 Å². The highest BCUT2D eigenvalue weighted by Gasteiger charge is 2.21. The molecule has 106 valence electrons. The Labute approximate surface area is 115 Å². The van der Waals surface area contributed by atoms with E-state index in [0.717, 1.165) is 0 Å². The normalized spacial score (nSPS) is 13.1. The molecule has 4 nitrogen and oxygen atoms in total. The summed E-state index contributed by atoms with van der Waals surface area (Å²) in [5.74, 6) is -0.0266. The Hall–Kier alpha value is -1.39. The second kappa shape index (κ2) is 7.26. The second-order valence-electron chi connectivity index (χ2n) is 5.32. The number of hydrogen-bond donors (Lipinski definition) is 2. The van der Waals surface area contributed by atoms with Crippen LogP contribution in [-0.2, 0) is 14.9 Å². The van der Waals surface area contributed by atoms with Crippen molar-refractivity contribution in [2.75, 3.05) is 20.2 Å². The molecule has 1 amide bonds. The SMILES string of the molecule is COC(CN)CC(=O)NCC(C)(C)c1ccccc1. The summed E-state index contributed by atoms with van der Waals surface area (Å²) >= 11 is 0. The number of nitrogens with two attached hydrogens (primary N) is 1. The van der Waals surface area contributed by atoms with Crippen LogP contribution in [-0.4, -0.2) is 32.2 Å². The lowest BCUT2D eigenvalue weighted by atomic mass is 9.84. The zero-order valence-corrected chi connectivity index (χ0v) is 12.0. The Morgan fingerprint density at radius 2 is 2.00 bits per heavy atom. The van der Waals surface area contributed by atoms with E-state index in [0.29, 0.717) is 19.5 Å². The van der Waals surface area contributed by atoms with Gasteiger partial charge in [0.05, 0.1) is 12.5 Å². The molecule has 0 aliphatic rings. The topological polar surface area (TPSA) is 64.3 Å². The molecular formula is C15H24N2O2. The highest BCUT2D eigenvalue weighted by atomic mass is 16.5. The quantitative estimate of drug-likeness (QED) is 0.783. The third-order valence-electron chi connectivity index (χ3n) is 3.29. The van der Waals surface area contributed by atoms with Crippen molar-refractivity contribution < 1.29 is 9.53 Å². The van der Waals surface area contributed by atoms with Gasteiger partial charge in [0.25, 0.3) is 0 Å². The molecule has 0 saturated heterocycles. The van der Waals surface area contributed by atoms with Crippen molar-refractivity contribution in [1.29, 1.82) is 0 Å². The Kier molecular flexibility index (Phi) is 5.99. The van der Waals surface area contributed by atoms with E-state index in [9.17, 15) is 4.79 Å². The number of carbonyl (C=O) groups is 1. The number of methoxy groups -OCH3 is 1. The fraction of sp³-hybridized carbons (Fsp3) is 0.533. The lowest BCUT2D eigenvalue weighted by Gasteiger charge is -2.26. The maximum atomic E-state index is 11.8. The molecule has 0 heterocycles. The molecule has 4 heteroatoms. The molecule has 0 saturated carbocycles. The minimum atomic E-state index is -0.208. The van der Waals surface area contributed by atoms with Crippen LogP contribution in [0.25, 0.3) is 0 Å². The maximum Gasteiger partial charge on any atom is 0.222 e. The summed E-state index contributed by atoms with van der Waals surface area (Å²) in [6, 6.07) is 10.2. The fourth-order valence-corrected chi connectivity index (χ4v) is 1.85. The summed E-state index contributed by atoms with van der Waals surface area (Å²) in [6.07, 6.45) is 0.0950. The lowest BCUT2D eigenvalue weighted by molar-refractivity contribution is -0.123. The summed E-state index contributed by atoms with van der Waals surface area (Å²) < 4.78 is 5.10. The van der Waals surface area contributed by atoms with Crippen LogP contribution in [0.2, 0.25) is 0 Å². The van der Waals surface area contributed by atoms with Gasteiger partial charge in [-0.15, -0.1) is 0 Å². The van der Waals surface area contributed by atoms with Crippen LogP contribution in [0.5, 0.6) is 0 Å². The number of amides is 1. The molecule has 0 aliphatic heterocycles. The third-order valence-corrected chi connectivity index (χ3v) is 3.29. The van der Waals surface area contributed by atoms with Gasteiger partial charge < -0.3 is 15.8 Å². The zero-order chi connectivity index (χ0) is 14.3. The molecule has 1 atom stereocenters. The molecule has 0 bridgehead atoms. The number of carbonyl (C=O) groups excluding carboxylic acids is 1. The van der Waals surface area contributed by atoms with E-state index in [2.05, 4.69) is 31.3 Å². The van der Waals surface area contributed by atoms with Crippen LogP contribution < -0.4 is 11.1 Å². The van der Waals surface area contributed by atoms with Gasteiger partial charge in [-0.3, -0.25) is 4.79 Å². The number of benzene rings is 1. The fourth-order valence-electron chi connectivity index (χ4n) is 1.85. The van der Waals surface area contributed by atoms with Crippen molar-refractivity contribution in [1.82, 2.24) is 5.32 Å². The van der Waals surface area contributed by atoms with E-state index in [1.165, 1.54) is 5.56 Å². The van der Waals surface area contributed by atoms with Crippen molar-refractivity contribution in [2.45, 2.75) is 31.8 Å². The van der Waals surface area contributed by atoms with Gasteiger partial charge in [-0.2, -0.15) is 0 Å². The van der Waals surface area contributed by atoms with Crippen LogP contribution in [0.15, 0.2) is 30.3 Å². The van der Waals surface area contributed by atoms with E-state index < -0.39 is 0 Å². The number of ether oxygens (including phenoxy) is 1. The summed E-state index contributed by atoms with van der Waals surface area (Å²) in [7, 11) is 1.57. The first kappa shape index (κ1) is 15.7. The standard InChI is InChI=1S/C15H24N2O2/c1-15(2,12-7-5-4-6-8-12)11-17-14(18)9-13(10-16)19-3/h4-8,13H,9-11,16H2,1-3H3,(H,17,18). The van der Waals surface area contributed by atoms with Crippen molar-refractivity contribution in [3.05, 3.63) is 35.9 Å². The van der Waals surface area contributed by atoms with Gasteiger partial charge in [0, 0.05) is 25.6 Å². The van der Waals surface area contributed by atoms with E-state index in [1.54, 1.807) is 7.11 Å². The molecule has 0 aromatic heterocycles. The van der Waals surface area contributed by atoms with Gasteiger partial charge in [-0.05, 0) is 5.56 Å². The van der Waals surface area contributed by atoms with Crippen LogP contribution in [0.3, 0.4) is 0 Å². The molecule has 0 radical (unpaired) electrons. The number of nitrogens with one attached hydrogen (secondary N) is 1. The predicted octanol–water partition coefficient (Wildman–Crippen LogP) is 1.44. The van der Waals surface area contributed by atoms with Crippen molar-refractivity contribution in [3.63, 3.8) is 0 Å². The molecule has 0 aliphatic carbocycles. The number of rotatable bonds is 7. The average Bonchev–Trinajstić information content (AvgIpc) is 2.43. The second-order valence-corrected chi connectivity index (χ2v) is 5.32. The molecule has 1 aromatic carbocycles. The van der Waals surface area contributed by atoms with Gasteiger partial charge in [0.2, 0.25) is 5.91 Å². The molecule has 1 rings (SSSR count). The highest BCUT2D eigenvalue weighted by Crippen LogP contribution is 2.21. The maximum absolute atomic E-state index is 11.8. The predicted molar refractivity (Wildman–Crippen MR) is 76.9 cm³/mol. The van der Waals surface area contributed by atoms with Crippen LogP contribution in [0.1, 0.15) is 25.8 Å². The molecule has 0 spiro atoms. The molecule has 1 unspecified atom stereocenters. The third kappa shape index (κ3) is 5.01. The number of hydrogen-bond acceptors (Lipinski definition) is 3. The van der Waals surface area contributed by atoms with Gasteiger partial charge in [0.1, 0.15) is 0 Å². The van der Waals surface area contributed by atoms with Gasteiger partial charge in [-0.25, -0.2) is 0 Å². The first-order valence-electron chi connectivity index (χ1n) is 6.54. The smallest absolute Gasteiger partial charge is 0.222 e. The molecule has 1 aromatic rings. The largest absolute Gasteiger partial charge is 0.380 e. The van der Waals surface area contributed by atoms with Gasteiger partial charge >= 0.3 is 0 Å². The van der Waals surface area contributed by atoms with E-state index in [4.69, 9.17) is 10.5 Å². The highest BCUT2D eigenvalue weighted by molar-refractivity contribution is 5.76.